The Morgan fingerprint density at radius 2 is 2.25 bits per heavy atom. The molecule has 0 spiro atoms. The molecule has 0 bridgehead atoms. The zero-order chi connectivity index (χ0) is 11.7. The van der Waals surface area contributed by atoms with Gasteiger partial charge in [-0.1, -0.05) is 0 Å². The van der Waals surface area contributed by atoms with E-state index in [1.807, 2.05) is 16.8 Å². The topological polar surface area (TPSA) is 68.3 Å². The van der Waals surface area contributed by atoms with Crippen molar-refractivity contribution in [2.75, 3.05) is 0 Å². The number of aromatic nitrogens is 1. The average molecular weight is 220 g/mol. The van der Waals surface area contributed by atoms with Crippen LogP contribution in [0.3, 0.4) is 0 Å². The van der Waals surface area contributed by atoms with Crippen LogP contribution in [0.25, 0.3) is 10.9 Å². The summed E-state index contributed by atoms with van der Waals surface area (Å²) < 4.78 is 1.88. The van der Waals surface area contributed by atoms with E-state index in [-0.39, 0.29) is 5.69 Å². The van der Waals surface area contributed by atoms with Crippen LogP contribution in [0.2, 0.25) is 0 Å². The van der Waals surface area contributed by atoms with Gasteiger partial charge < -0.3 is 9.67 Å². The van der Waals surface area contributed by atoms with Gasteiger partial charge in [-0.3, -0.25) is 10.1 Å². The predicted molar refractivity (Wildman–Crippen MR) is 60.3 cm³/mol. The smallest absolute Gasteiger partial charge is 0.270 e. The number of hydrogen-bond donors (Lipinski definition) is 1. The van der Waals surface area contributed by atoms with E-state index in [2.05, 4.69) is 0 Å². The van der Waals surface area contributed by atoms with Crippen molar-refractivity contribution in [3.8, 4) is 0 Å². The van der Waals surface area contributed by atoms with E-state index < -0.39 is 11.0 Å². The normalized spacial score (nSPS) is 12.9. The van der Waals surface area contributed by atoms with Gasteiger partial charge in [0.25, 0.3) is 5.69 Å². The average Bonchev–Trinajstić information content (AvgIpc) is 2.60. The summed E-state index contributed by atoms with van der Waals surface area (Å²) in [6.07, 6.45) is 1.38. The van der Waals surface area contributed by atoms with Gasteiger partial charge in [-0.15, -0.1) is 0 Å². The fraction of sp³-hybridized carbons (Fsp3) is 0.273. The minimum atomic E-state index is -0.439. The first-order valence-corrected chi connectivity index (χ1v) is 4.99. The zero-order valence-corrected chi connectivity index (χ0v) is 8.83. The van der Waals surface area contributed by atoms with E-state index in [0.29, 0.717) is 6.54 Å². The number of hydrogen-bond acceptors (Lipinski definition) is 3. The molecule has 1 N–H and O–H groups in total. The molecule has 5 heteroatoms. The van der Waals surface area contributed by atoms with Crippen LogP contribution in [0.4, 0.5) is 5.69 Å². The number of nitro benzene ring substituents is 1. The fourth-order valence-corrected chi connectivity index (χ4v) is 1.74. The molecule has 84 valence electrons. The van der Waals surface area contributed by atoms with Crippen LogP contribution in [0, 0.1) is 10.1 Å². The second-order valence-corrected chi connectivity index (χ2v) is 3.82. The van der Waals surface area contributed by atoms with Crippen LogP contribution in [0.15, 0.2) is 30.5 Å². The van der Waals surface area contributed by atoms with Gasteiger partial charge in [0.15, 0.2) is 0 Å². The Kier molecular flexibility index (Phi) is 2.62. The summed E-state index contributed by atoms with van der Waals surface area (Å²) >= 11 is 0. The van der Waals surface area contributed by atoms with E-state index in [9.17, 15) is 15.2 Å². The van der Waals surface area contributed by atoms with Gasteiger partial charge in [0.05, 0.1) is 11.0 Å². The number of non-ortho nitro benzene ring substituents is 1. The highest BCUT2D eigenvalue weighted by molar-refractivity contribution is 5.82. The highest BCUT2D eigenvalue weighted by Crippen LogP contribution is 2.22. The van der Waals surface area contributed by atoms with Crippen molar-refractivity contribution in [2.45, 2.75) is 19.6 Å². The number of fused-ring (bicyclic) bond motifs is 1. The second-order valence-electron chi connectivity index (χ2n) is 3.82. The molecule has 1 aromatic carbocycles. The number of rotatable bonds is 3. The molecule has 16 heavy (non-hydrogen) atoms. The third-order valence-electron chi connectivity index (χ3n) is 2.43. The Balaban J connectivity index is 2.46. The lowest BCUT2D eigenvalue weighted by Gasteiger charge is -2.07. The van der Waals surface area contributed by atoms with Crippen molar-refractivity contribution < 1.29 is 10.0 Å². The van der Waals surface area contributed by atoms with Crippen LogP contribution in [0.1, 0.15) is 6.92 Å². The Morgan fingerprint density at radius 1 is 1.50 bits per heavy atom. The Labute approximate surface area is 92.1 Å². The van der Waals surface area contributed by atoms with Crippen LogP contribution < -0.4 is 0 Å². The first-order valence-electron chi connectivity index (χ1n) is 4.99. The molecular weight excluding hydrogens is 208 g/mol. The summed E-state index contributed by atoms with van der Waals surface area (Å²) in [6.45, 7) is 2.19. The third-order valence-corrected chi connectivity index (χ3v) is 2.43. The van der Waals surface area contributed by atoms with Crippen LogP contribution in [-0.2, 0) is 6.54 Å². The SMILES string of the molecule is CC(O)Cn1ccc2cc([N+](=O)[O-])ccc21. The molecule has 0 aliphatic rings. The van der Waals surface area contributed by atoms with Crippen molar-refractivity contribution in [3.63, 3.8) is 0 Å². The Morgan fingerprint density at radius 3 is 2.88 bits per heavy atom. The van der Waals surface area contributed by atoms with Gasteiger partial charge in [0, 0.05) is 35.8 Å². The monoisotopic (exact) mass is 220 g/mol. The molecule has 2 aromatic rings. The minimum Gasteiger partial charge on any atom is -0.392 e. The molecule has 0 saturated carbocycles. The first-order chi connectivity index (χ1) is 7.58. The number of nitro groups is 1. The van der Waals surface area contributed by atoms with E-state index in [1.54, 1.807) is 13.0 Å². The second kappa shape index (κ2) is 3.94. The van der Waals surface area contributed by atoms with Crippen LogP contribution >= 0.6 is 0 Å². The number of aliphatic hydroxyl groups excluding tert-OH is 1. The standard InChI is InChI=1S/C11H12N2O3/c1-8(14)7-12-5-4-9-6-10(13(15)16)2-3-11(9)12/h2-6,8,14H,7H2,1H3. The van der Waals surface area contributed by atoms with Crippen molar-refractivity contribution >= 4 is 16.6 Å². The molecule has 1 unspecified atom stereocenters. The molecule has 1 aromatic heterocycles. The van der Waals surface area contributed by atoms with E-state index in [1.165, 1.54) is 12.1 Å². The van der Waals surface area contributed by atoms with Gasteiger partial charge in [0.1, 0.15) is 0 Å². The van der Waals surface area contributed by atoms with Crippen molar-refractivity contribution in [1.82, 2.24) is 4.57 Å². The van der Waals surface area contributed by atoms with Crippen LogP contribution in [-0.4, -0.2) is 20.7 Å². The predicted octanol–water partition coefficient (Wildman–Crippen LogP) is 1.93. The Hall–Kier alpha value is -1.88. The molecule has 0 aliphatic carbocycles. The maximum Gasteiger partial charge on any atom is 0.270 e. The molecule has 5 nitrogen and oxygen atoms in total. The molecule has 1 heterocycles. The van der Waals surface area contributed by atoms with Crippen LogP contribution in [0.5, 0.6) is 0 Å². The minimum absolute atomic E-state index is 0.0855. The highest BCUT2D eigenvalue weighted by Gasteiger charge is 2.09. The van der Waals surface area contributed by atoms with Crippen molar-refractivity contribution in [3.05, 3.63) is 40.6 Å². The van der Waals surface area contributed by atoms with E-state index >= 15 is 0 Å². The number of benzene rings is 1. The maximum absolute atomic E-state index is 10.6. The summed E-state index contributed by atoms with van der Waals surface area (Å²) in [6, 6.07) is 6.52. The van der Waals surface area contributed by atoms with Gasteiger partial charge in [-0.2, -0.15) is 0 Å². The lowest BCUT2D eigenvalue weighted by Crippen LogP contribution is -2.10. The molecule has 0 saturated heterocycles. The van der Waals surface area contributed by atoms with Crippen molar-refractivity contribution in [1.29, 1.82) is 0 Å². The third kappa shape index (κ3) is 1.90. The lowest BCUT2D eigenvalue weighted by atomic mass is 10.2. The number of aliphatic hydroxyl groups is 1. The fourth-order valence-electron chi connectivity index (χ4n) is 1.74. The molecule has 0 fully saturated rings. The summed E-state index contributed by atoms with van der Waals surface area (Å²) in [5, 5.41) is 20.7. The quantitative estimate of drug-likeness (QED) is 0.634. The molecule has 0 aliphatic heterocycles. The largest absolute Gasteiger partial charge is 0.392 e. The van der Waals surface area contributed by atoms with Gasteiger partial charge in [0.2, 0.25) is 0 Å². The van der Waals surface area contributed by atoms with Gasteiger partial charge >= 0.3 is 0 Å². The molecule has 1 atom stereocenters. The van der Waals surface area contributed by atoms with E-state index in [4.69, 9.17) is 0 Å². The molecule has 2 rings (SSSR count). The zero-order valence-electron chi connectivity index (χ0n) is 8.83. The first kappa shape index (κ1) is 10.6. The summed E-state index contributed by atoms with van der Waals surface area (Å²) in [5.74, 6) is 0. The highest BCUT2D eigenvalue weighted by atomic mass is 16.6. The summed E-state index contributed by atoms with van der Waals surface area (Å²) in [5.41, 5.74) is 0.980. The molecular formula is C11H12N2O3. The number of nitrogens with zero attached hydrogens (tertiary/aromatic N) is 2. The van der Waals surface area contributed by atoms with E-state index in [0.717, 1.165) is 10.9 Å². The maximum atomic E-state index is 10.6. The Bertz CT molecular complexity index is 531. The molecule has 0 radical (unpaired) electrons. The van der Waals surface area contributed by atoms with Crippen molar-refractivity contribution in [2.24, 2.45) is 0 Å². The van der Waals surface area contributed by atoms with Gasteiger partial charge in [-0.05, 0) is 19.1 Å². The summed E-state index contributed by atoms with van der Waals surface area (Å²) in [4.78, 5) is 10.2. The van der Waals surface area contributed by atoms with Gasteiger partial charge in [-0.25, -0.2) is 0 Å². The lowest BCUT2D eigenvalue weighted by molar-refractivity contribution is -0.384. The summed E-state index contributed by atoms with van der Waals surface area (Å²) in [7, 11) is 0. The molecule has 0 amide bonds.